The number of hydrogen-bond donors (Lipinski definition) is 2. The number of rotatable bonds is 6. The van der Waals surface area contributed by atoms with Crippen LogP contribution in [0.2, 0.25) is 5.02 Å². The summed E-state index contributed by atoms with van der Waals surface area (Å²) in [6, 6.07) is 4.43. The lowest BCUT2D eigenvalue weighted by Gasteiger charge is -2.15. The van der Waals surface area contributed by atoms with E-state index in [1.165, 1.54) is 6.07 Å². The predicted molar refractivity (Wildman–Crippen MR) is 77.7 cm³/mol. The molecule has 0 amide bonds. The van der Waals surface area contributed by atoms with Crippen molar-refractivity contribution in [3.8, 4) is 0 Å². The van der Waals surface area contributed by atoms with Gasteiger partial charge in [-0.3, -0.25) is 16.0 Å². The zero-order chi connectivity index (χ0) is 14.5. The molecule has 2 aromatic rings. The van der Waals surface area contributed by atoms with Crippen LogP contribution in [0.15, 0.2) is 30.6 Å². The van der Waals surface area contributed by atoms with Crippen molar-refractivity contribution in [1.82, 2.24) is 15.2 Å². The van der Waals surface area contributed by atoms with E-state index in [-0.39, 0.29) is 11.9 Å². The van der Waals surface area contributed by atoms with Crippen LogP contribution in [0.1, 0.15) is 30.5 Å². The van der Waals surface area contributed by atoms with Gasteiger partial charge in [-0.05, 0) is 25.0 Å². The number of aryl methyl sites for hydroxylation is 1. The van der Waals surface area contributed by atoms with E-state index < -0.39 is 0 Å². The molecule has 0 aliphatic rings. The van der Waals surface area contributed by atoms with E-state index in [1.54, 1.807) is 18.3 Å². The van der Waals surface area contributed by atoms with E-state index in [9.17, 15) is 4.39 Å². The standard InChI is InChI=1S/C14H18ClFN4/c1-2-6-20-9-10(8-18-20)14(19-17)7-11-12(15)4-3-5-13(11)16/h3-5,8-9,14,19H,2,6-7,17H2,1H3. The molecular weight excluding hydrogens is 279 g/mol. The Bertz CT molecular complexity index is 550. The highest BCUT2D eigenvalue weighted by atomic mass is 35.5. The maximum absolute atomic E-state index is 13.8. The number of aromatic nitrogens is 2. The molecule has 0 bridgehead atoms. The Balaban J connectivity index is 2.20. The van der Waals surface area contributed by atoms with Gasteiger partial charge in [-0.15, -0.1) is 0 Å². The van der Waals surface area contributed by atoms with Crippen molar-refractivity contribution < 1.29 is 4.39 Å². The second kappa shape index (κ2) is 6.83. The summed E-state index contributed by atoms with van der Waals surface area (Å²) < 4.78 is 15.7. The molecule has 0 aliphatic heterocycles. The maximum atomic E-state index is 13.8. The van der Waals surface area contributed by atoms with Crippen LogP contribution in [0.4, 0.5) is 4.39 Å². The van der Waals surface area contributed by atoms with Gasteiger partial charge in [0.2, 0.25) is 0 Å². The molecule has 1 aromatic carbocycles. The van der Waals surface area contributed by atoms with E-state index in [4.69, 9.17) is 17.4 Å². The smallest absolute Gasteiger partial charge is 0.127 e. The molecule has 4 nitrogen and oxygen atoms in total. The topological polar surface area (TPSA) is 55.9 Å². The van der Waals surface area contributed by atoms with Gasteiger partial charge in [-0.1, -0.05) is 24.6 Å². The molecule has 3 N–H and O–H groups in total. The Hall–Kier alpha value is -1.43. The number of hydrazine groups is 1. The van der Waals surface area contributed by atoms with Gasteiger partial charge >= 0.3 is 0 Å². The minimum Gasteiger partial charge on any atom is -0.272 e. The van der Waals surface area contributed by atoms with Gasteiger partial charge in [0.1, 0.15) is 5.82 Å². The molecule has 1 heterocycles. The molecule has 6 heteroatoms. The molecule has 0 radical (unpaired) electrons. The highest BCUT2D eigenvalue weighted by Gasteiger charge is 2.17. The number of nitrogens with one attached hydrogen (secondary N) is 1. The maximum Gasteiger partial charge on any atom is 0.127 e. The fourth-order valence-corrected chi connectivity index (χ4v) is 2.36. The molecule has 1 atom stereocenters. The average Bonchev–Trinajstić information content (AvgIpc) is 2.87. The first-order valence-corrected chi connectivity index (χ1v) is 6.94. The van der Waals surface area contributed by atoms with E-state index in [1.807, 2.05) is 10.9 Å². The Kier molecular flexibility index (Phi) is 5.11. The lowest BCUT2D eigenvalue weighted by Crippen LogP contribution is -2.29. The fraction of sp³-hybridized carbons (Fsp3) is 0.357. The van der Waals surface area contributed by atoms with Gasteiger partial charge < -0.3 is 0 Å². The minimum absolute atomic E-state index is 0.227. The first-order chi connectivity index (χ1) is 9.65. The minimum atomic E-state index is -0.321. The zero-order valence-corrected chi connectivity index (χ0v) is 12.1. The predicted octanol–water partition coefficient (Wildman–Crippen LogP) is 2.83. The summed E-state index contributed by atoms with van der Waals surface area (Å²) in [5.74, 6) is 5.26. The van der Waals surface area contributed by atoms with E-state index in [0.29, 0.717) is 17.0 Å². The first-order valence-electron chi connectivity index (χ1n) is 6.57. The Morgan fingerprint density at radius 3 is 2.95 bits per heavy atom. The van der Waals surface area contributed by atoms with Gasteiger partial charge in [-0.25, -0.2) is 4.39 Å². The highest BCUT2D eigenvalue weighted by molar-refractivity contribution is 6.31. The number of halogens is 2. The average molecular weight is 297 g/mol. The summed E-state index contributed by atoms with van der Waals surface area (Å²) >= 11 is 6.04. The second-order valence-corrected chi connectivity index (χ2v) is 5.07. The third-order valence-corrected chi connectivity index (χ3v) is 3.53. The van der Waals surface area contributed by atoms with Crippen molar-refractivity contribution in [2.24, 2.45) is 5.84 Å². The summed E-state index contributed by atoms with van der Waals surface area (Å²) in [5, 5.41) is 4.66. The molecule has 2 rings (SSSR count). The van der Waals surface area contributed by atoms with Crippen molar-refractivity contribution in [3.05, 3.63) is 52.6 Å². The largest absolute Gasteiger partial charge is 0.272 e. The van der Waals surface area contributed by atoms with Crippen LogP contribution in [-0.4, -0.2) is 9.78 Å². The molecule has 0 saturated carbocycles. The number of hydrogen-bond acceptors (Lipinski definition) is 3. The first kappa shape index (κ1) is 15.0. The van der Waals surface area contributed by atoms with Gasteiger partial charge in [-0.2, -0.15) is 5.10 Å². The van der Waals surface area contributed by atoms with Gasteiger partial charge in [0, 0.05) is 28.9 Å². The van der Waals surface area contributed by atoms with Crippen LogP contribution in [0, 0.1) is 5.82 Å². The SMILES string of the molecule is CCCn1cc(C(Cc2c(F)cccc2Cl)NN)cn1. The Labute approximate surface area is 122 Å². The molecule has 20 heavy (non-hydrogen) atoms. The van der Waals surface area contributed by atoms with Gasteiger partial charge in [0.05, 0.1) is 12.2 Å². The number of nitrogens with two attached hydrogens (primary N) is 1. The van der Waals surface area contributed by atoms with E-state index in [2.05, 4.69) is 17.4 Å². The van der Waals surface area contributed by atoms with Crippen molar-refractivity contribution in [2.45, 2.75) is 32.4 Å². The monoisotopic (exact) mass is 296 g/mol. The van der Waals surface area contributed by atoms with Crippen molar-refractivity contribution in [1.29, 1.82) is 0 Å². The second-order valence-electron chi connectivity index (χ2n) is 4.66. The molecule has 1 unspecified atom stereocenters. The van der Waals surface area contributed by atoms with Crippen molar-refractivity contribution >= 4 is 11.6 Å². The molecule has 0 spiro atoms. The van der Waals surface area contributed by atoms with Crippen molar-refractivity contribution in [3.63, 3.8) is 0 Å². The summed E-state index contributed by atoms with van der Waals surface area (Å²) in [7, 11) is 0. The number of benzene rings is 1. The van der Waals surface area contributed by atoms with Crippen LogP contribution < -0.4 is 11.3 Å². The number of nitrogens with zero attached hydrogens (tertiary/aromatic N) is 2. The lowest BCUT2D eigenvalue weighted by atomic mass is 10.0. The summed E-state index contributed by atoms with van der Waals surface area (Å²) in [5.41, 5.74) is 4.07. The third-order valence-electron chi connectivity index (χ3n) is 3.18. The third kappa shape index (κ3) is 3.36. The van der Waals surface area contributed by atoms with Crippen LogP contribution >= 0.6 is 11.6 Å². The van der Waals surface area contributed by atoms with Crippen LogP contribution in [-0.2, 0) is 13.0 Å². The Morgan fingerprint density at radius 1 is 1.50 bits per heavy atom. The summed E-state index contributed by atoms with van der Waals surface area (Å²) in [4.78, 5) is 0. The van der Waals surface area contributed by atoms with Crippen LogP contribution in [0.25, 0.3) is 0 Å². The quantitative estimate of drug-likeness (QED) is 0.636. The van der Waals surface area contributed by atoms with Crippen molar-refractivity contribution in [2.75, 3.05) is 0 Å². The highest BCUT2D eigenvalue weighted by Crippen LogP contribution is 2.25. The molecule has 108 valence electrons. The fourth-order valence-electron chi connectivity index (χ4n) is 2.12. The zero-order valence-electron chi connectivity index (χ0n) is 11.3. The van der Waals surface area contributed by atoms with E-state index >= 15 is 0 Å². The van der Waals surface area contributed by atoms with Gasteiger partial charge in [0.15, 0.2) is 0 Å². The Morgan fingerprint density at radius 2 is 2.30 bits per heavy atom. The lowest BCUT2D eigenvalue weighted by molar-refractivity contribution is 0.527. The summed E-state index contributed by atoms with van der Waals surface area (Å²) in [6.07, 6.45) is 5.04. The molecular formula is C14H18ClFN4. The molecule has 0 saturated heterocycles. The van der Waals surface area contributed by atoms with E-state index in [0.717, 1.165) is 18.5 Å². The summed E-state index contributed by atoms with van der Waals surface area (Å²) in [6.45, 7) is 2.93. The van der Waals surface area contributed by atoms with Crippen LogP contribution in [0.5, 0.6) is 0 Å². The normalized spacial score (nSPS) is 12.6. The molecule has 0 fully saturated rings. The molecule has 0 aliphatic carbocycles. The van der Waals surface area contributed by atoms with Crippen LogP contribution in [0.3, 0.4) is 0 Å². The van der Waals surface area contributed by atoms with Gasteiger partial charge in [0.25, 0.3) is 0 Å². The molecule has 1 aromatic heterocycles.